The van der Waals surface area contributed by atoms with Gasteiger partial charge in [0.05, 0.1) is 4.47 Å². The first-order valence-corrected chi connectivity index (χ1v) is 8.39. The maximum atomic E-state index is 14.0. The summed E-state index contributed by atoms with van der Waals surface area (Å²) in [5.74, 6) is 0.0464. The maximum Gasteiger partial charge on any atom is 0.137 e. The maximum absolute atomic E-state index is 14.0. The van der Waals surface area contributed by atoms with Crippen molar-refractivity contribution in [3.05, 3.63) is 33.8 Å². The lowest BCUT2D eigenvalue weighted by Gasteiger charge is -2.38. The van der Waals surface area contributed by atoms with E-state index in [1.165, 1.54) is 12.1 Å². The van der Waals surface area contributed by atoms with Crippen LogP contribution in [0.25, 0.3) is 0 Å². The first-order chi connectivity index (χ1) is 9.70. The molecule has 1 saturated carbocycles. The van der Waals surface area contributed by atoms with Gasteiger partial charge in [0.25, 0.3) is 0 Å². The van der Waals surface area contributed by atoms with Gasteiger partial charge >= 0.3 is 0 Å². The van der Waals surface area contributed by atoms with Gasteiger partial charge in [-0.25, -0.2) is 8.78 Å². The average Bonchev–Trinajstić information content (AvgIpc) is 2.41. The molecule has 0 radical (unpaired) electrons. The quantitative estimate of drug-likeness (QED) is 0.685. The predicted molar refractivity (Wildman–Crippen MR) is 85.9 cm³/mol. The molecule has 2 rings (SSSR count). The third-order valence-corrected chi connectivity index (χ3v) is 5.51. The Morgan fingerprint density at radius 1 is 1.10 bits per heavy atom. The zero-order chi connectivity index (χ0) is 15.8. The van der Waals surface area contributed by atoms with E-state index in [4.69, 9.17) is 5.73 Å². The van der Waals surface area contributed by atoms with Crippen molar-refractivity contribution in [1.82, 2.24) is 0 Å². The van der Waals surface area contributed by atoms with Gasteiger partial charge in [0, 0.05) is 11.6 Å². The van der Waals surface area contributed by atoms with E-state index in [1.54, 1.807) is 0 Å². The van der Waals surface area contributed by atoms with Gasteiger partial charge in [0.1, 0.15) is 11.6 Å². The largest absolute Gasteiger partial charge is 0.324 e. The minimum absolute atomic E-state index is 0.146. The van der Waals surface area contributed by atoms with Crippen LogP contribution in [0.5, 0.6) is 0 Å². The van der Waals surface area contributed by atoms with Crippen LogP contribution in [-0.2, 0) is 0 Å². The number of nitrogens with two attached hydrogens (primary N) is 1. The van der Waals surface area contributed by atoms with E-state index in [1.807, 2.05) is 0 Å². The van der Waals surface area contributed by atoms with Gasteiger partial charge in [0.2, 0.25) is 0 Å². The summed E-state index contributed by atoms with van der Waals surface area (Å²) in [6.07, 6.45) is 4.20. The van der Waals surface area contributed by atoms with Crippen molar-refractivity contribution in [2.45, 2.75) is 52.5 Å². The van der Waals surface area contributed by atoms with Crippen molar-refractivity contribution >= 4 is 15.9 Å². The Hall–Kier alpha value is -0.480. The SMILES string of the molecule is CC(C)(C)C1CCC(C(N)c2cc(F)c(Br)cc2F)CC1. The summed E-state index contributed by atoms with van der Waals surface area (Å²) in [5, 5.41) is 0. The van der Waals surface area contributed by atoms with E-state index in [2.05, 4.69) is 36.7 Å². The van der Waals surface area contributed by atoms with Crippen molar-refractivity contribution in [1.29, 1.82) is 0 Å². The molecule has 1 aromatic carbocycles. The first-order valence-electron chi connectivity index (χ1n) is 7.60. The Labute approximate surface area is 134 Å². The van der Waals surface area contributed by atoms with E-state index >= 15 is 0 Å². The van der Waals surface area contributed by atoms with E-state index in [-0.39, 0.29) is 10.4 Å². The van der Waals surface area contributed by atoms with Crippen LogP contribution in [0.1, 0.15) is 58.1 Å². The van der Waals surface area contributed by atoms with E-state index in [0.717, 1.165) is 25.7 Å². The Kier molecular flexibility index (Phi) is 5.09. The number of rotatable bonds is 2. The molecule has 1 aliphatic carbocycles. The molecule has 1 atom stereocenters. The molecule has 4 heteroatoms. The topological polar surface area (TPSA) is 26.0 Å². The van der Waals surface area contributed by atoms with Crippen molar-refractivity contribution in [2.24, 2.45) is 23.0 Å². The van der Waals surface area contributed by atoms with Crippen LogP contribution in [0.4, 0.5) is 8.78 Å². The minimum Gasteiger partial charge on any atom is -0.324 e. The Balaban J connectivity index is 2.09. The van der Waals surface area contributed by atoms with Gasteiger partial charge in [0.15, 0.2) is 0 Å². The molecule has 1 aliphatic rings. The fourth-order valence-corrected chi connectivity index (χ4v) is 3.71. The summed E-state index contributed by atoms with van der Waals surface area (Å²) in [7, 11) is 0. The second-order valence-electron chi connectivity index (χ2n) is 7.29. The second kappa shape index (κ2) is 6.33. The lowest BCUT2D eigenvalue weighted by atomic mass is 9.68. The van der Waals surface area contributed by atoms with Crippen LogP contribution in [0, 0.1) is 28.9 Å². The summed E-state index contributed by atoms with van der Waals surface area (Å²) in [6, 6.07) is 1.99. The molecule has 0 aromatic heterocycles. The molecular formula is C17H24BrF2N. The van der Waals surface area contributed by atoms with Crippen LogP contribution in [-0.4, -0.2) is 0 Å². The van der Waals surface area contributed by atoms with Crippen LogP contribution < -0.4 is 5.73 Å². The summed E-state index contributed by atoms with van der Waals surface area (Å²) in [5.41, 5.74) is 6.83. The molecule has 118 valence electrons. The van der Waals surface area contributed by atoms with Crippen LogP contribution >= 0.6 is 15.9 Å². The monoisotopic (exact) mass is 359 g/mol. The Morgan fingerprint density at radius 2 is 1.67 bits per heavy atom. The average molecular weight is 360 g/mol. The third kappa shape index (κ3) is 3.84. The van der Waals surface area contributed by atoms with Crippen LogP contribution in [0.2, 0.25) is 0 Å². The lowest BCUT2D eigenvalue weighted by Crippen LogP contribution is -2.31. The van der Waals surface area contributed by atoms with E-state index in [9.17, 15) is 8.78 Å². The van der Waals surface area contributed by atoms with Gasteiger partial charge < -0.3 is 5.73 Å². The van der Waals surface area contributed by atoms with Crippen LogP contribution in [0.15, 0.2) is 16.6 Å². The van der Waals surface area contributed by atoms with Gasteiger partial charge in [-0.3, -0.25) is 0 Å². The Bertz CT molecular complexity index is 502. The predicted octanol–water partition coefficient (Wildman–Crippen LogP) is 5.58. The van der Waals surface area contributed by atoms with E-state index < -0.39 is 17.7 Å². The van der Waals surface area contributed by atoms with Gasteiger partial charge in [-0.2, -0.15) is 0 Å². The van der Waals surface area contributed by atoms with Gasteiger partial charge in [-0.1, -0.05) is 20.8 Å². The zero-order valence-corrected chi connectivity index (χ0v) is 14.5. The number of hydrogen-bond acceptors (Lipinski definition) is 1. The summed E-state index contributed by atoms with van der Waals surface area (Å²) >= 11 is 3.00. The third-order valence-electron chi connectivity index (χ3n) is 4.90. The molecule has 0 saturated heterocycles. The van der Waals surface area contributed by atoms with Crippen molar-refractivity contribution in [2.75, 3.05) is 0 Å². The first kappa shape index (κ1) is 16.9. The summed E-state index contributed by atoms with van der Waals surface area (Å²) in [4.78, 5) is 0. The van der Waals surface area contributed by atoms with Crippen molar-refractivity contribution < 1.29 is 8.78 Å². The summed E-state index contributed by atoms with van der Waals surface area (Å²) < 4.78 is 27.8. The lowest BCUT2D eigenvalue weighted by molar-refractivity contribution is 0.139. The molecule has 1 nitrogen and oxygen atoms in total. The highest BCUT2D eigenvalue weighted by atomic mass is 79.9. The van der Waals surface area contributed by atoms with Gasteiger partial charge in [-0.05, 0) is 71.0 Å². The fourth-order valence-electron chi connectivity index (χ4n) is 3.39. The highest BCUT2D eigenvalue weighted by molar-refractivity contribution is 9.10. The molecule has 1 fully saturated rings. The molecular weight excluding hydrogens is 336 g/mol. The molecule has 0 spiro atoms. The molecule has 21 heavy (non-hydrogen) atoms. The zero-order valence-electron chi connectivity index (χ0n) is 12.9. The van der Waals surface area contributed by atoms with Crippen molar-refractivity contribution in [3.63, 3.8) is 0 Å². The van der Waals surface area contributed by atoms with E-state index in [0.29, 0.717) is 16.9 Å². The number of hydrogen-bond donors (Lipinski definition) is 1. The standard InChI is InChI=1S/C17H24BrF2N/c1-17(2,3)11-6-4-10(5-7-11)16(21)12-8-15(20)13(18)9-14(12)19/h8-11,16H,4-7,21H2,1-3H3. The minimum atomic E-state index is -0.453. The highest BCUT2D eigenvalue weighted by Gasteiger charge is 2.33. The molecule has 0 amide bonds. The molecule has 1 aromatic rings. The summed E-state index contributed by atoms with van der Waals surface area (Å²) in [6.45, 7) is 6.80. The molecule has 1 unspecified atom stereocenters. The highest BCUT2D eigenvalue weighted by Crippen LogP contribution is 2.43. The Morgan fingerprint density at radius 3 is 2.19 bits per heavy atom. The molecule has 2 N–H and O–H groups in total. The van der Waals surface area contributed by atoms with Gasteiger partial charge in [-0.15, -0.1) is 0 Å². The molecule has 0 bridgehead atoms. The number of benzene rings is 1. The normalized spacial score (nSPS) is 24.9. The number of halogens is 3. The van der Waals surface area contributed by atoms with Crippen LogP contribution in [0.3, 0.4) is 0 Å². The van der Waals surface area contributed by atoms with Crippen molar-refractivity contribution in [3.8, 4) is 0 Å². The fraction of sp³-hybridized carbons (Fsp3) is 0.647. The molecule has 0 aliphatic heterocycles. The smallest absolute Gasteiger partial charge is 0.137 e. The second-order valence-corrected chi connectivity index (χ2v) is 8.15. The molecule has 0 heterocycles.